The van der Waals surface area contributed by atoms with Gasteiger partial charge in [0.15, 0.2) is 5.82 Å². The smallest absolute Gasteiger partial charge is 0.235 e. The van der Waals surface area contributed by atoms with Gasteiger partial charge in [-0.3, -0.25) is 8.97 Å². The highest BCUT2D eigenvalue weighted by Gasteiger charge is 2.19. The van der Waals surface area contributed by atoms with Gasteiger partial charge >= 0.3 is 0 Å². The average Bonchev–Trinajstić information content (AvgIpc) is 3.58. The average molecular weight is 540 g/mol. The molecule has 0 bridgehead atoms. The first-order chi connectivity index (χ1) is 20.8. The lowest BCUT2D eigenvalue weighted by atomic mass is 10.1. The Kier molecular flexibility index (Phi) is 4.77. The second-order valence-corrected chi connectivity index (χ2v) is 10.3. The zero-order chi connectivity index (χ0) is 27.6. The summed E-state index contributed by atoms with van der Waals surface area (Å²) in [4.78, 5) is 24.7. The van der Waals surface area contributed by atoms with Crippen LogP contribution in [0, 0.1) is 0 Å². The zero-order valence-electron chi connectivity index (χ0n) is 22.3. The molecule has 0 aliphatic carbocycles. The predicted octanol–water partition coefficient (Wildman–Crippen LogP) is 7.65. The highest BCUT2D eigenvalue weighted by molar-refractivity contribution is 6.10. The summed E-state index contributed by atoms with van der Waals surface area (Å²) >= 11 is 0. The van der Waals surface area contributed by atoms with Crippen molar-refractivity contribution in [1.29, 1.82) is 0 Å². The summed E-state index contributed by atoms with van der Waals surface area (Å²) in [5, 5.41) is 3.19. The van der Waals surface area contributed by atoms with E-state index in [4.69, 9.17) is 24.9 Å². The van der Waals surface area contributed by atoms with Gasteiger partial charge in [-0.2, -0.15) is 0 Å². The molecule has 0 amide bonds. The van der Waals surface area contributed by atoms with Gasteiger partial charge in [0, 0.05) is 40.2 Å². The van der Waals surface area contributed by atoms with Crippen molar-refractivity contribution in [1.82, 2.24) is 33.9 Å². The van der Waals surface area contributed by atoms with Gasteiger partial charge in [0.25, 0.3) is 0 Å². The molecule has 0 spiro atoms. The monoisotopic (exact) mass is 539 g/mol. The lowest BCUT2D eigenvalue weighted by Gasteiger charge is -2.11. The number of imidazole rings is 1. The minimum Gasteiger partial charge on any atom is -0.299 e. The quantitative estimate of drug-likeness (QED) is 0.231. The fourth-order valence-corrected chi connectivity index (χ4v) is 5.83. The summed E-state index contributed by atoms with van der Waals surface area (Å²) in [5.41, 5.74) is 8.21. The first kappa shape index (κ1) is 22.8. The van der Waals surface area contributed by atoms with Gasteiger partial charge in [-0.05, 0) is 30.3 Å². The standard InChI is InChI=1S/C35H21N7/c1-2-10-22(11-3-1)28-18-29(34-36-20-23-12-4-6-14-26(23)38-34)40-35(39-28)42-30-16-8-5-13-24(30)25-21-41-31-17-9-7-15-27(31)37-33(41)19-32(25)42/h1-21H. The number of para-hydroxylation sites is 4. The molecule has 0 saturated carbocycles. The van der Waals surface area contributed by atoms with Gasteiger partial charge in [-0.25, -0.2) is 24.9 Å². The molecule has 0 fully saturated rings. The van der Waals surface area contributed by atoms with Crippen LogP contribution in [-0.2, 0) is 0 Å². The summed E-state index contributed by atoms with van der Waals surface area (Å²) < 4.78 is 4.28. The van der Waals surface area contributed by atoms with E-state index < -0.39 is 0 Å². The van der Waals surface area contributed by atoms with Crippen molar-refractivity contribution in [2.24, 2.45) is 0 Å². The third kappa shape index (κ3) is 3.44. The second-order valence-electron chi connectivity index (χ2n) is 10.3. The van der Waals surface area contributed by atoms with Crippen LogP contribution in [0.2, 0.25) is 0 Å². The first-order valence-electron chi connectivity index (χ1n) is 13.8. The first-order valence-corrected chi connectivity index (χ1v) is 13.8. The van der Waals surface area contributed by atoms with Crippen LogP contribution >= 0.6 is 0 Å². The molecule has 0 unspecified atom stereocenters. The molecule has 0 aliphatic rings. The Hall–Kier alpha value is -5.95. The van der Waals surface area contributed by atoms with E-state index in [-0.39, 0.29) is 0 Å². The number of hydrogen-bond donors (Lipinski definition) is 0. The molecule has 9 rings (SSSR count). The van der Waals surface area contributed by atoms with Crippen LogP contribution in [0.1, 0.15) is 0 Å². The van der Waals surface area contributed by atoms with Gasteiger partial charge in [0.1, 0.15) is 11.3 Å². The topological polar surface area (TPSA) is 73.8 Å². The van der Waals surface area contributed by atoms with Crippen molar-refractivity contribution < 1.29 is 0 Å². The van der Waals surface area contributed by atoms with Gasteiger partial charge < -0.3 is 0 Å². The van der Waals surface area contributed by atoms with Crippen LogP contribution in [0.4, 0.5) is 0 Å². The van der Waals surface area contributed by atoms with Crippen molar-refractivity contribution in [3.05, 3.63) is 128 Å². The maximum absolute atomic E-state index is 5.13. The zero-order valence-corrected chi connectivity index (χ0v) is 22.3. The molecular weight excluding hydrogens is 518 g/mol. The number of fused-ring (bicyclic) bond motifs is 7. The van der Waals surface area contributed by atoms with E-state index in [1.807, 2.05) is 79.0 Å². The third-order valence-electron chi connectivity index (χ3n) is 7.80. The fraction of sp³-hybridized carbons (Fsp3) is 0. The SMILES string of the molecule is c1ccc(-c2cc(-c3ncc4ccccc4n3)nc(-n3c4ccccc4c4cn5c(cc43)nc3ccccc35)n2)cc1. The Morgan fingerprint density at radius 3 is 2.17 bits per heavy atom. The fourth-order valence-electron chi connectivity index (χ4n) is 5.83. The molecule has 0 aliphatic heterocycles. The van der Waals surface area contributed by atoms with E-state index in [0.29, 0.717) is 17.5 Å². The van der Waals surface area contributed by atoms with Gasteiger partial charge in [-0.15, -0.1) is 0 Å². The lowest BCUT2D eigenvalue weighted by Crippen LogP contribution is -2.05. The largest absolute Gasteiger partial charge is 0.299 e. The van der Waals surface area contributed by atoms with Crippen LogP contribution in [0.15, 0.2) is 128 Å². The Bertz CT molecular complexity index is 2470. The molecule has 42 heavy (non-hydrogen) atoms. The number of benzene rings is 4. The molecule has 7 nitrogen and oxygen atoms in total. The van der Waals surface area contributed by atoms with E-state index in [9.17, 15) is 0 Å². The molecule has 4 aromatic carbocycles. The van der Waals surface area contributed by atoms with Crippen molar-refractivity contribution in [3.8, 4) is 28.7 Å². The number of rotatable bonds is 3. The Balaban J connectivity index is 1.36. The summed E-state index contributed by atoms with van der Waals surface area (Å²) in [5.74, 6) is 1.10. The lowest BCUT2D eigenvalue weighted by molar-refractivity contribution is 0.986. The number of hydrogen-bond acceptors (Lipinski definition) is 5. The predicted molar refractivity (Wildman–Crippen MR) is 167 cm³/mol. The second kappa shape index (κ2) is 8.78. The molecule has 7 heteroatoms. The van der Waals surface area contributed by atoms with E-state index in [1.165, 1.54) is 0 Å². The van der Waals surface area contributed by atoms with Crippen LogP contribution in [0.5, 0.6) is 0 Å². The Morgan fingerprint density at radius 1 is 0.524 bits per heavy atom. The normalized spacial score (nSPS) is 11.8. The summed E-state index contributed by atoms with van der Waals surface area (Å²) in [6.45, 7) is 0. The van der Waals surface area contributed by atoms with Gasteiger partial charge in [-0.1, -0.05) is 78.9 Å². The van der Waals surface area contributed by atoms with Crippen molar-refractivity contribution in [2.45, 2.75) is 0 Å². The maximum atomic E-state index is 5.13. The van der Waals surface area contributed by atoms with Gasteiger partial charge in [0.05, 0.1) is 33.3 Å². The molecule has 9 aromatic rings. The van der Waals surface area contributed by atoms with Crippen molar-refractivity contribution in [3.63, 3.8) is 0 Å². The van der Waals surface area contributed by atoms with Crippen LogP contribution in [0.25, 0.3) is 78.1 Å². The van der Waals surface area contributed by atoms with E-state index >= 15 is 0 Å². The van der Waals surface area contributed by atoms with Crippen molar-refractivity contribution >= 4 is 49.4 Å². The number of pyridine rings is 1. The Morgan fingerprint density at radius 2 is 1.26 bits per heavy atom. The van der Waals surface area contributed by atoms with Gasteiger partial charge in [0.2, 0.25) is 5.95 Å². The summed E-state index contributed by atoms with van der Waals surface area (Å²) in [6, 6.07) is 38.8. The number of aromatic nitrogens is 7. The number of nitrogens with zero attached hydrogens (tertiary/aromatic N) is 7. The molecule has 5 heterocycles. The van der Waals surface area contributed by atoms with E-state index in [1.54, 1.807) is 0 Å². The molecule has 196 valence electrons. The molecule has 0 radical (unpaired) electrons. The Labute approximate surface area is 239 Å². The van der Waals surface area contributed by atoms with Crippen molar-refractivity contribution in [2.75, 3.05) is 0 Å². The van der Waals surface area contributed by atoms with E-state index in [2.05, 4.69) is 57.6 Å². The molecule has 5 aromatic heterocycles. The highest BCUT2D eigenvalue weighted by Crippen LogP contribution is 2.34. The maximum Gasteiger partial charge on any atom is 0.235 e. The molecule has 0 saturated heterocycles. The van der Waals surface area contributed by atoms with Crippen LogP contribution < -0.4 is 0 Å². The minimum absolute atomic E-state index is 0.551. The summed E-state index contributed by atoms with van der Waals surface area (Å²) in [6.07, 6.45) is 4.02. The highest BCUT2D eigenvalue weighted by atomic mass is 15.2. The van der Waals surface area contributed by atoms with Crippen LogP contribution in [-0.4, -0.2) is 33.9 Å². The summed E-state index contributed by atoms with van der Waals surface area (Å²) in [7, 11) is 0. The molecule has 0 N–H and O–H groups in total. The van der Waals surface area contributed by atoms with E-state index in [0.717, 1.165) is 60.6 Å². The third-order valence-corrected chi connectivity index (χ3v) is 7.80. The molecular formula is C35H21N7. The van der Waals surface area contributed by atoms with Crippen LogP contribution in [0.3, 0.4) is 0 Å². The minimum atomic E-state index is 0.551. The molecule has 0 atom stereocenters.